The van der Waals surface area contributed by atoms with Crippen LogP contribution in [-0.2, 0) is 21.8 Å². The van der Waals surface area contributed by atoms with Gasteiger partial charge >= 0.3 is 5.97 Å². The van der Waals surface area contributed by atoms with Gasteiger partial charge in [-0.3, -0.25) is 9.59 Å². The summed E-state index contributed by atoms with van der Waals surface area (Å²) in [5.74, 6) is 0.520. The summed E-state index contributed by atoms with van der Waals surface area (Å²) in [7, 11) is 0. The standard InChI is InChI=1S/C16H17NO3S2/c18-15(10-14-5-2-7-22-14)17-13-4-1-3-12(9-13)11-21-8-6-16(19)20/h1-5,7,9H,6,8,10-11H2,(H,17,18)(H,19,20). The zero-order valence-electron chi connectivity index (χ0n) is 12.0. The van der Waals surface area contributed by atoms with Gasteiger partial charge in [0.2, 0.25) is 5.91 Å². The van der Waals surface area contributed by atoms with Crippen molar-refractivity contribution in [1.82, 2.24) is 0 Å². The number of hydrogen-bond donors (Lipinski definition) is 2. The Labute approximate surface area is 137 Å². The molecule has 0 bridgehead atoms. The monoisotopic (exact) mass is 335 g/mol. The molecule has 22 heavy (non-hydrogen) atoms. The number of amides is 1. The van der Waals surface area contributed by atoms with Crippen LogP contribution in [0.3, 0.4) is 0 Å². The predicted molar refractivity (Wildman–Crippen MR) is 91.5 cm³/mol. The molecule has 0 radical (unpaired) electrons. The SMILES string of the molecule is O=C(O)CCSCc1cccc(NC(=O)Cc2cccs2)c1. The van der Waals surface area contributed by atoms with E-state index in [-0.39, 0.29) is 12.3 Å². The van der Waals surface area contributed by atoms with Gasteiger partial charge in [-0.05, 0) is 29.1 Å². The molecule has 116 valence electrons. The van der Waals surface area contributed by atoms with E-state index in [0.717, 1.165) is 21.9 Å². The highest BCUT2D eigenvalue weighted by atomic mass is 32.2. The van der Waals surface area contributed by atoms with Gasteiger partial charge in [0.05, 0.1) is 12.8 Å². The Kier molecular flexibility index (Phi) is 6.48. The fourth-order valence-corrected chi connectivity index (χ4v) is 3.45. The molecule has 2 N–H and O–H groups in total. The summed E-state index contributed by atoms with van der Waals surface area (Å²) in [4.78, 5) is 23.4. The molecule has 1 heterocycles. The van der Waals surface area contributed by atoms with E-state index in [1.165, 1.54) is 0 Å². The van der Waals surface area contributed by atoms with Crippen LogP contribution in [0.5, 0.6) is 0 Å². The Hall–Kier alpha value is -1.79. The summed E-state index contributed by atoms with van der Waals surface area (Å²) in [6.07, 6.45) is 0.553. The number of carbonyl (C=O) groups excluding carboxylic acids is 1. The van der Waals surface area contributed by atoms with Crippen molar-refractivity contribution in [2.24, 2.45) is 0 Å². The van der Waals surface area contributed by atoms with Crippen LogP contribution in [0, 0.1) is 0 Å². The van der Waals surface area contributed by atoms with E-state index in [4.69, 9.17) is 5.11 Å². The molecule has 0 fully saturated rings. The molecule has 1 amide bonds. The van der Waals surface area contributed by atoms with Crippen molar-refractivity contribution in [2.75, 3.05) is 11.1 Å². The fourth-order valence-electron chi connectivity index (χ4n) is 1.86. The molecule has 0 unspecified atom stereocenters. The fraction of sp³-hybridized carbons (Fsp3) is 0.250. The first-order valence-corrected chi connectivity index (χ1v) is 8.87. The van der Waals surface area contributed by atoms with Crippen molar-refractivity contribution in [3.05, 3.63) is 52.2 Å². The number of carbonyl (C=O) groups is 2. The minimum absolute atomic E-state index is 0.0295. The van der Waals surface area contributed by atoms with E-state index in [0.29, 0.717) is 12.2 Å². The van der Waals surface area contributed by atoms with Gasteiger partial charge in [0.1, 0.15) is 0 Å². The number of nitrogens with one attached hydrogen (secondary N) is 1. The number of thiophene rings is 1. The van der Waals surface area contributed by atoms with E-state index in [2.05, 4.69) is 5.32 Å². The average Bonchev–Trinajstić information content (AvgIpc) is 2.96. The zero-order chi connectivity index (χ0) is 15.8. The van der Waals surface area contributed by atoms with Gasteiger partial charge in [-0.1, -0.05) is 18.2 Å². The van der Waals surface area contributed by atoms with Crippen molar-refractivity contribution < 1.29 is 14.7 Å². The highest BCUT2D eigenvalue weighted by Crippen LogP contribution is 2.18. The number of carboxylic acids is 1. The van der Waals surface area contributed by atoms with Gasteiger partial charge in [0.25, 0.3) is 0 Å². The third-order valence-electron chi connectivity index (χ3n) is 2.85. The van der Waals surface area contributed by atoms with Crippen LogP contribution in [0.15, 0.2) is 41.8 Å². The number of carboxylic acid groups (broad SMARTS) is 1. The molecular weight excluding hydrogens is 318 g/mol. The Bertz CT molecular complexity index is 626. The maximum atomic E-state index is 12.0. The van der Waals surface area contributed by atoms with Crippen molar-refractivity contribution >= 4 is 40.7 Å². The van der Waals surface area contributed by atoms with Crippen LogP contribution >= 0.6 is 23.1 Å². The molecule has 6 heteroatoms. The second-order valence-corrected chi connectivity index (χ2v) is 6.84. The second kappa shape index (κ2) is 8.60. The predicted octanol–water partition coefficient (Wildman–Crippen LogP) is 3.64. The van der Waals surface area contributed by atoms with E-state index >= 15 is 0 Å². The van der Waals surface area contributed by atoms with E-state index in [1.54, 1.807) is 23.1 Å². The van der Waals surface area contributed by atoms with Crippen molar-refractivity contribution in [3.63, 3.8) is 0 Å². The molecule has 4 nitrogen and oxygen atoms in total. The maximum Gasteiger partial charge on any atom is 0.304 e. The minimum atomic E-state index is -0.776. The van der Waals surface area contributed by atoms with Gasteiger partial charge < -0.3 is 10.4 Å². The first-order chi connectivity index (χ1) is 10.6. The third-order valence-corrected chi connectivity index (χ3v) is 4.76. The second-order valence-electron chi connectivity index (χ2n) is 4.70. The number of thioether (sulfide) groups is 1. The zero-order valence-corrected chi connectivity index (χ0v) is 13.6. The smallest absolute Gasteiger partial charge is 0.304 e. The maximum absolute atomic E-state index is 12.0. The van der Waals surface area contributed by atoms with Crippen molar-refractivity contribution in [2.45, 2.75) is 18.6 Å². The molecule has 1 aromatic carbocycles. The summed E-state index contributed by atoms with van der Waals surface area (Å²) >= 11 is 3.14. The van der Waals surface area contributed by atoms with Gasteiger partial charge in [-0.2, -0.15) is 11.8 Å². The number of aliphatic carboxylic acids is 1. The Balaban J connectivity index is 1.82. The summed E-state index contributed by atoms with van der Waals surface area (Å²) in [6.45, 7) is 0. The molecule has 0 aliphatic carbocycles. The highest BCUT2D eigenvalue weighted by Gasteiger charge is 2.05. The lowest BCUT2D eigenvalue weighted by Crippen LogP contribution is -2.13. The van der Waals surface area contributed by atoms with Crippen LogP contribution in [0.4, 0.5) is 5.69 Å². The molecule has 0 saturated carbocycles. The molecule has 0 aliphatic rings. The van der Waals surface area contributed by atoms with Crippen molar-refractivity contribution in [3.8, 4) is 0 Å². The summed E-state index contributed by atoms with van der Waals surface area (Å²) in [6, 6.07) is 11.5. The molecule has 0 atom stereocenters. The number of anilines is 1. The highest BCUT2D eigenvalue weighted by molar-refractivity contribution is 7.98. The normalized spacial score (nSPS) is 10.4. The minimum Gasteiger partial charge on any atom is -0.481 e. The molecule has 2 rings (SSSR count). The molecular formula is C16H17NO3S2. The molecule has 0 saturated heterocycles. The van der Waals surface area contributed by atoms with Gasteiger partial charge in [-0.15, -0.1) is 11.3 Å². The van der Waals surface area contributed by atoms with E-state index in [1.807, 2.05) is 41.8 Å². The quantitative estimate of drug-likeness (QED) is 0.723. The topological polar surface area (TPSA) is 66.4 Å². The van der Waals surface area contributed by atoms with Crippen LogP contribution in [0.2, 0.25) is 0 Å². The van der Waals surface area contributed by atoms with Gasteiger partial charge in [0.15, 0.2) is 0 Å². The Morgan fingerprint density at radius 1 is 1.23 bits per heavy atom. The van der Waals surface area contributed by atoms with E-state index in [9.17, 15) is 9.59 Å². The first-order valence-electron chi connectivity index (χ1n) is 6.84. The lowest BCUT2D eigenvalue weighted by Gasteiger charge is -2.07. The van der Waals surface area contributed by atoms with Gasteiger partial charge in [-0.25, -0.2) is 0 Å². The van der Waals surface area contributed by atoms with Gasteiger partial charge in [0, 0.05) is 22.1 Å². The first kappa shape index (κ1) is 16.6. The number of hydrogen-bond acceptors (Lipinski definition) is 4. The largest absolute Gasteiger partial charge is 0.481 e. The van der Waals surface area contributed by atoms with Crippen LogP contribution in [-0.4, -0.2) is 22.7 Å². The van der Waals surface area contributed by atoms with Crippen LogP contribution in [0.1, 0.15) is 16.9 Å². The molecule has 2 aromatic rings. The Morgan fingerprint density at radius 2 is 2.09 bits per heavy atom. The van der Waals surface area contributed by atoms with Crippen LogP contribution < -0.4 is 5.32 Å². The molecule has 1 aromatic heterocycles. The van der Waals surface area contributed by atoms with Crippen molar-refractivity contribution in [1.29, 1.82) is 0 Å². The summed E-state index contributed by atoms with van der Waals surface area (Å²) in [5.41, 5.74) is 1.85. The Morgan fingerprint density at radius 3 is 2.82 bits per heavy atom. The lowest BCUT2D eigenvalue weighted by molar-refractivity contribution is -0.136. The van der Waals surface area contributed by atoms with Crippen LogP contribution in [0.25, 0.3) is 0 Å². The third kappa shape index (κ3) is 5.91. The number of benzene rings is 1. The number of rotatable bonds is 8. The summed E-state index contributed by atoms with van der Waals surface area (Å²) < 4.78 is 0. The van der Waals surface area contributed by atoms with E-state index < -0.39 is 5.97 Å². The molecule has 0 spiro atoms. The molecule has 0 aliphatic heterocycles. The summed E-state index contributed by atoms with van der Waals surface area (Å²) in [5, 5.41) is 13.4. The average molecular weight is 335 g/mol. The lowest BCUT2D eigenvalue weighted by atomic mass is 10.2.